The molecule has 0 amide bonds. The van der Waals surface area contributed by atoms with E-state index >= 15 is 0 Å². The third kappa shape index (κ3) is 4.36. The second-order valence-electron chi connectivity index (χ2n) is 11.8. The first-order valence-electron chi connectivity index (χ1n) is 15.5. The molecule has 6 aromatic carbocycles. The van der Waals surface area contributed by atoms with E-state index in [4.69, 9.17) is 9.97 Å². The SMILES string of the molecule is C1=CCC(c2ccccc2)C(c2cccc(-c3ccc4nc5c(nc4c3)c3ccccc3n5-c3ccc4ccccc4c3)c2)=C1. The smallest absolute Gasteiger partial charge is 0.165 e. The van der Waals surface area contributed by atoms with E-state index in [9.17, 15) is 0 Å². The maximum Gasteiger partial charge on any atom is 0.165 e. The van der Waals surface area contributed by atoms with Crippen LogP contribution in [0, 0.1) is 0 Å². The second kappa shape index (κ2) is 10.4. The van der Waals surface area contributed by atoms with Crippen molar-refractivity contribution in [3.05, 3.63) is 169 Å². The molecule has 1 atom stereocenters. The van der Waals surface area contributed by atoms with Gasteiger partial charge in [-0.25, -0.2) is 9.97 Å². The minimum atomic E-state index is 0.349. The Kier molecular flexibility index (Phi) is 5.95. The van der Waals surface area contributed by atoms with Crippen LogP contribution in [0.25, 0.3) is 66.3 Å². The highest BCUT2D eigenvalue weighted by Crippen LogP contribution is 2.39. The van der Waals surface area contributed by atoms with E-state index in [-0.39, 0.29) is 0 Å². The first-order valence-corrected chi connectivity index (χ1v) is 15.5. The van der Waals surface area contributed by atoms with Gasteiger partial charge in [-0.1, -0.05) is 121 Å². The van der Waals surface area contributed by atoms with Gasteiger partial charge in [0, 0.05) is 17.0 Å². The first kappa shape index (κ1) is 25.7. The second-order valence-corrected chi connectivity index (χ2v) is 11.8. The van der Waals surface area contributed by atoms with E-state index < -0.39 is 0 Å². The topological polar surface area (TPSA) is 30.7 Å². The van der Waals surface area contributed by atoms with Crippen LogP contribution in [0.15, 0.2) is 158 Å². The number of para-hydroxylation sites is 1. The van der Waals surface area contributed by atoms with Gasteiger partial charge < -0.3 is 0 Å². The van der Waals surface area contributed by atoms with Gasteiger partial charge in [0.05, 0.1) is 16.6 Å². The van der Waals surface area contributed by atoms with E-state index in [1.165, 1.54) is 33.0 Å². The normalized spacial score (nSPS) is 14.8. The van der Waals surface area contributed by atoms with Crippen LogP contribution in [0.2, 0.25) is 0 Å². The molecule has 0 saturated heterocycles. The molecule has 1 aliphatic carbocycles. The van der Waals surface area contributed by atoms with Gasteiger partial charge in [0.25, 0.3) is 0 Å². The monoisotopic (exact) mass is 575 g/mol. The van der Waals surface area contributed by atoms with Crippen molar-refractivity contribution in [3.63, 3.8) is 0 Å². The Balaban J connectivity index is 1.16. The Labute approximate surface area is 261 Å². The molecule has 3 nitrogen and oxygen atoms in total. The van der Waals surface area contributed by atoms with Crippen molar-refractivity contribution in [3.8, 4) is 16.8 Å². The van der Waals surface area contributed by atoms with Crippen LogP contribution in [0.3, 0.4) is 0 Å². The summed E-state index contributed by atoms with van der Waals surface area (Å²) in [6.07, 6.45) is 7.74. The standard InChI is InChI=1S/C42H29N3/c1-2-12-29(13-3-1)35-17-6-7-18-36(35)33-16-10-15-30(25-33)32-22-24-38-39(27-32)43-41-37-19-8-9-20-40(37)45(42(41)44-38)34-23-21-28-11-4-5-14-31(28)26-34/h1-16,18-27,35H,17H2. The third-order valence-electron chi connectivity index (χ3n) is 9.14. The minimum absolute atomic E-state index is 0.349. The molecule has 0 saturated carbocycles. The van der Waals surface area contributed by atoms with Gasteiger partial charge in [0.1, 0.15) is 5.52 Å². The summed E-state index contributed by atoms with van der Waals surface area (Å²) >= 11 is 0. The number of allylic oxidation sites excluding steroid dienone is 4. The number of benzene rings is 6. The Bertz CT molecular complexity index is 2460. The Morgan fingerprint density at radius 3 is 2.31 bits per heavy atom. The number of rotatable bonds is 4. The molecule has 2 heterocycles. The Morgan fingerprint density at radius 1 is 0.578 bits per heavy atom. The van der Waals surface area contributed by atoms with Crippen LogP contribution in [0.1, 0.15) is 23.5 Å². The lowest BCUT2D eigenvalue weighted by Gasteiger charge is -2.23. The average molecular weight is 576 g/mol. The van der Waals surface area contributed by atoms with E-state index in [1.807, 2.05) is 0 Å². The fourth-order valence-corrected chi connectivity index (χ4v) is 6.93. The summed E-state index contributed by atoms with van der Waals surface area (Å²) in [5.74, 6) is 0.349. The van der Waals surface area contributed by atoms with Gasteiger partial charge in [0.15, 0.2) is 5.65 Å². The maximum absolute atomic E-state index is 5.26. The molecule has 3 heteroatoms. The molecule has 0 bridgehead atoms. The summed E-state index contributed by atoms with van der Waals surface area (Å²) in [5.41, 5.74) is 12.0. The molecular weight excluding hydrogens is 546 g/mol. The number of aromatic nitrogens is 3. The molecule has 0 radical (unpaired) electrons. The summed E-state index contributed by atoms with van der Waals surface area (Å²) in [6, 6.07) is 49.8. The molecule has 8 aromatic rings. The molecular formula is C42H29N3. The van der Waals surface area contributed by atoms with Crippen LogP contribution in [-0.2, 0) is 0 Å². The van der Waals surface area contributed by atoms with E-state index in [0.717, 1.165) is 50.8 Å². The Hall–Kier alpha value is -5.80. The van der Waals surface area contributed by atoms with Gasteiger partial charge in [-0.15, -0.1) is 0 Å². The summed E-state index contributed by atoms with van der Waals surface area (Å²) in [7, 11) is 0. The van der Waals surface area contributed by atoms with Gasteiger partial charge in [0.2, 0.25) is 0 Å². The van der Waals surface area contributed by atoms with Crippen molar-refractivity contribution in [2.75, 3.05) is 0 Å². The van der Waals surface area contributed by atoms with Crippen LogP contribution >= 0.6 is 0 Å². The highest BCUT2D eigenvalue weighted by atomic mass is 15.1. The van der Waals surface area contributed by atoms with E-state index in [2.05, 4.69) is 162 Å². The van der Waals surface area contributed by atoms with Crippen molar-refractivity contribution < 1.29 is 0 Å². The first-order chi connectivity index (χ1) is 22.3. The molecule has 2 aromatic heterocycles. The van der Waals surface area contributed by atoms with Crippen molar-refractivity contribution in [1.82, 2.24) is 14.5 Å². The van der Waals surface area contributed by atoms with Crippen LogP contribution in [0.4, 0.5) is 0 Å². The lowest BCUT2D eigenvalue weighted by Crippen LogP contribution is -2.04. The zero-order chi connectivity index (χ0) is 29.7. The zero-order valence-corrected chi connectivity index (χ0v) is 24.6. The minimum Gasteiger partial charge on any atom is -0.293 e. The molecule has 0 fully saturated rings. The Morgan fingerprint density at radius 2 is 1.38 bits per heavy atom. The molecule has 45 heavy (non-hydrogen) atoms. The highest BCUT2D eigenvalue weighted by molar-refractivity contribution is 6.08. The molecule has 9 rings (SSSR count). The lowest BCUT2D eigenvalue weighted by atomic mass is 9.81. The third-order valence-corrected chi connectivity index (χ3v) is 9.14. The summed E-state index contributed by atoms with van der Waals surface area (Å²) in [5, 5.41) is 3.53. The molecule has 0 N–H and O–H groups in total. The molecule has 1 aliphatic rings. The molecule has 1 unspecified atom stereocenters. The summed E-state index contributed by atoms with van der Waals surface area (Å²) < 4.78 is 2.25. The van der Waals surface area contributed by atoms with E-state index in [1.54, 1.807) is 0 Å². The van der Waals surface area contributed by atoms with Gasteiger partial charge in [-0.3, -0.25) is 4.57 Å². The van der Waals surface area contributed by atoms with E-state index in [0.29, 0.717) is 5.92 Å². The average Bonchev–Trinajstić information content (AvgIpc) is 3.43. The number of hydrogen-bond donors (Lipinski definition) is 0. The highest BCUT2D eigenvalue weighted by Gasteiger charge is 2.20. The lowest BCUT2D eigenvalue weighted by molar-refractivity contribution is 0.874. The van der Waals surface area contributed by atoms with Crippen molar-refractivity contribution >= 4 is 49.4 Å². The van der Waals surface area contributed by atoms with Gasteiger partial charge in [-0.05, 0) is 81.4 Å². The van der Waals surface area contributed by atoms with Gasteiger partial charge >= 0.3 is 0 Å². The van der Waals surface area contributed by atoms with Crippen molar-refractivity contribution in [1.29, 1.82) is 0 Å². The fourth-order valence-electron chi connectivity index (χ4n) is 6.93. The van der Waals surface area contributed by atoms with Crippen LogP contribution in [0.5, 0.6) is 0 Å². The quantitative estimate of drug-likeness (QED) is 0.209. The maximum atomic E-state index is 5.26. The molecule has 0 aliphatic heterocycles. The number of fused-ring (bicyclic) bond motifs is 5. The number of hydrogen-bond acceptors (Lipinski definition) is 2. The molecule has 212 valence electrons. The zero-order valence-electron chi connectivity index (χ0n) is 24.6. The summed E-state index contributed by atoms with van der Waals surface area (Å²) in [6.45, 7) is 0. The van der Waals surface area contributed by atoms with Gasteiger partial charge in [-0.2, -0.15) is 0 Å². The molecule has 0 spiro atoms. The predicted octanol–water partition coefficient (Wildman–Crippen LogP) is 10.7. The van der Waals surface area contributed by atoms with Crippen LogP contribution < -0.4 is 0 Å². The number of nitrogens with zero attached hydrogens (tertiary/aromatic N) is 3. The fraction of sp³-hybridized carbons (Fsp3) is 0.0476. The van der Waals surface area contributed by atoms with Crippen molar-refractivity contribution in [2.24, 2.45) is 0 Å². The predicted molar refractivity (Wildman–Crippen MR) is 188 cm³/mol. The summed E-state index contributed by atoms with van der Waals surface area (Å²) in [4.78, 5) is 10.5. The largest absolute Gasteiger partial charge is 0.293 e. The van der Waals surface area contributed by atoms with Crippen LogP contribution in [-0.4, -0.2) is 14.5 Å². The van der Waals surface area contributed by atoms with Crippen molar-refractivity contribution in [2.45, 2.75) is 12.3 Å².